The molecule has 2 amide bonds. The molecule has 1 aliphatic heterocycles. The maximum atomic E-state index is 12.6. The summed E-state index contributed by atoms with van der Waals surface area (Å²) >= 11 is 0. The number of carbonyl (C=O) groups excluding carboxylic acids is 2. The molecule has 1 N–H and O–H groups in total. The van der Waals surface area contributed by atoms with Gasteiger partial charge in [-0.1, -0.05) is 6.92 Å². The fourth-order valence-electron chi connectivity index (χ4n) is 2.95. The molecule has 1 fully saturated rings. The summed E-state index contributed by atoms with van der Waals surface area (Å²) < 4.78 is 31.3. The van der Waals surface area contributed by atoms with E-state index >= 15 is 0 Å². The van der Waals surface area contributed by atoms with Crippen LogP contribution in [0.4, 0.5) is 5.69 Å². The first-order chi connectivity index (χ1) is 13.2. The van der Waals surface area contributed by atoms with E-state index < -0.39 is 10.0 Å². The number of piperidine rings is 1. The summed E-state index contributed by atoms with van der Waals surface area (Å²) in [6, 6.07) is 6.75. The van der Waals surface area contributed by atoms with Crippen molar-refractivity contribution in [2.45, 2.75) is 26.2 Å². The van der Waals surface area contributed by atoms with Gasteiger partial charge in [0, 0.05) is 32.9 Å². The third-order valence-electron chi connectivity index (χ3n) is 4.59. The lowest BCUT2D eigenvalue weighted by atomic mass is 9.99. The molecular weight excluding hydrogens is 382 g/mol. The second-order valence-corrected chi connectivity index (χ2v) is 9.19. The second kappa shape index (κ2) is 9.88. The first kappa shape index (κ1) is 22.2. The normalized spacial score (nSPS) is 17.8. The fourth-order valence-corrected chi connectivity index (χ4v) is 4.54. The summed E-state index contributed by atoms with van der Waals surface area (Å²) in [7, 11) is 0.0218. The number of ether oxygens (including phenoxy) is 1. The first-order valence-corrected chi connectivity index (χ1v) is 11.1. The van der Waals surface area contributed by atoms with Gasteiger partial charge in [0.2, 0.25) is 15.9 Å². The highest BCUT2D eigenvalue weighted by molar-refractivity contribution is 7.89. The van der Waals surface area contributed by atoms with E-state index in [1.165, 1.54) is 9.21 Å². The molecule has 0 saturated carbocycles. The molecular formula is C19H29N3O5S. The number of amides is 2. The summed E-state index contributed by atoms with van der Waals surface area (Å²) in [6.07, 6.45) is 1.90. The Morgan fingerprint density at radius 2 is 1.93 bits per heavy atom. The van der Waals surface area contributed by atoms with Crippen LogP contribution in [0.25, 0.3) is 0 Å². The highest BCUT2D eigenvalue weighted by atomic mass is 32.2. The van der Waals surface area contributed by atoms with Crippen LogP contribution in [0.15, 0.2) is 24.3 Å². The van der Waals surface area contributed by atoms with Gasteiger partial charge in [0.05, 0.1) is 11.7 Å². The van der Waals surface area contributed by atoms with Crippen LogP contribution in [0.2, 0.25) is 0 Å². The molecule has 1 atom stereocenters. The van der Waals surface area contributed by atoms with Crippen LogP contribution in [0, 0.1) is 5.92 Å². The summed E-state index contributed by atoms with van der Waals surface area (Å²) in [5, 5.41) is 2.83. The Kier molecular flexibility index (Phi) is 7.82. The Balaban J connectivity index is 1.90. The average Bonchev–Trinajstić information content (AvgIpc) is 2.67. The van der Waals surface area contributed by atoms with Gasteiger partial charge in [0.15, 0.2) is 6.61 Å². The standard InChI is InChI=1S/C19H29N3O5S/c1-4-12-28(25,26)22-11-5-6-15(13-22)19(24)20-16-7-9-17(10-8-16)27-14-18(23)21(2)3/h7-10,15H,4-6,11-14H2,1-3H3,(H,20,24)/t15-/m1/s1. The van der Waals surface area contributed by atoms with Gasteiger partial charge >= 0.3 is 0 Å². The minimum absolute atomic E-state index is 0.0527. The quantitative estimate of drug-likeness (QED) is 0.700. The third kappa shape index (κ3) is 6.20. The van der Waals surface area contributed by atoms with Crippen molar-refractivity contribution in [3.8, 4) is 5.75 Å². The van der Waals surface area contributed by atoms with E-state index in [4.69, 9.17) is 4.74 Å². The number of hydrogen-bond donors (Lipinski definition) is 1. The largest absolute Gasteiger partial charge is 0.484 e. The molecule has 1 aliphatic rings. The molecule has 1 aromatic rings. The molecule has 2 rings (SSSR count). The van der Waals surface area contributed by atoms with Crippen LogP contribution in [-0.4, -0.2) is 69.0 Å². The lowest BCUT2D eigenvalue weighted by Gasteiger charge is -2.31. The Hall–Kier alpha value is -2.13. The van der Waals surface area contributed by atoms with Crippen LogP contribution in [0.3, 0.4) is 0 Å². The summed E-state index contributed by atoms with van der Waals surface area (Å²) in [5.74, 6) is -0.0547. The number of hydrogen-bond acceptors (Lipinski definition) is 5. The number of rotatable bonds is 8. The van der Waals surface area contributed by atoms with Gasteiger partial charge in [-0.05, 0) is 43.5 Å². The highest BCUT2D eigenvalue weighted by Crippen LogP contribution is 2.22. The average molecular weight is 412 g/mol. The topological polar surface area (TPSA) is 96.0 Å². The molecule has 9 heteroatoms. The van der Waals surface area contributed by atoms with E-state index in [1.807, 2.05) is 6.92 Å². The van der Waals surface area contributed by atoms with Crippen molar-refractivity contribution in [2.75, 3.05) is 44.9 Å². The minimum atomic E-state index is -3.29. The zero-order chi connectivity index (χ0) is 20.7. The Labute approximate surface area is 166 Å². The van der Waals surface area contributed by atoms with Gasteiger partial charge in [-0.15, -0.1) is 0 Å². The van der Waals surface area contributed by atoms with Crippen molar-refractivity contribution in [1.82, 2.24) is 9.21 Å². The number of carbonyl (C=O) groups is 2. The van der Waals surface area contributed by atoms with Crippen molar-refractivity contribution in [3.63, 3.8) is 0 Å². The number of likely N-dealkylation sites (N-methyl/N-ethyl adjacent to an activating group) is 1. The van der Waals surface area contributed by atoms with Crippen molar-refractivity contribution in [2.24, 2.45) is 5.92 Å². The van der Waals surface area contributed by atoms with Crippen molar-refractivity contribution < 1.29 is 22.7 Å². The van der Waals surface area contributed by atoms with Gasteiger partial charge in [-0.3, -0.25) is 9.59 Å². The summed E-state index contributed by atoms with van der Waals surface area (Å²) in [5.41, 5.74) is 0.602. The summed E-state index contributed by atoms with van der Waals surface area (Å²) in [6.45, 7) is 2.48. The lowest BCUT2D eigenvalue weighted by Crippen LogP contribution is -2.44. The Bertz CT molecular complexity index is 777. The van der Waals surface area contributed by atoms with Crippen LogP contribution >= 0.6 is 0 Å². The first-order valence-electron chi connectivity index (χ1n) is 9.44. The smallest absolute Gasteiger partial charge is 0.259 e. The monoisotopic (exact) mass is 411 g/mol. The van der Waals surface area contributed by atoms with E-state index in [2.05, 4.69) is 5.32 Å². The maximum absolute atomic E-state index is 12.6. The molecule has 156 valence electrons. The van der Waals surface area contributed by atoms with E-state index in [0.29, 0.717) is 37.2 Å². The van der Waals surface area contributed by atoms with Crippen LogP contribution in [0.5, 0.6) is 5.75 Å². The predicted octanol–water partition coefficient (Wildman–Crippen LogP) is 1.54. The fraction of sp³-hybridized carbons (Fsp3) is 0.579. The van der Waals surface area contributed by atoms with Gasteiger partial charge in [-0.25, -0.2) is 12.7 Å². The van der Waals surface area contributed by atoms with E-state index in [9.17, 15) is 18.0 Å². The number of sulfonamides is 1. The van der Waals surface area contributed by atoms with Gasteiger partial charge in [0.25, 0.3) is 5.91 Å². The minimum Gasteiger partial charge on any atom is -0.484 e. The van der Waals surface area contributed by atoms with Crippen molar-refractivity contribution >= 4 is 27.5 Å². The Morgan fingerprint density at radius 3 is 2.54 bits per heavy atom. The lowest BCUT2D eigenvalue weighted by molar-refractivity contribution is -0.130. The van der Waals surface area contributed by atoms with Crippen LogP contribution in [-0.2, 0) is 19.6 Å². The van der Waals surface area contributed by atoms with Crippen LogP contribution in [0.1, 0.15) is 26.2 Å². The van der Waals surface area contributed by atoms with E-state index in [1.54, 1.807) is 38.4 Å². The molecule has 0 spiro atoms. The zero-order valence-electron chi connectivity index (χ0n) is 16.7. The van der Waals surface area contributed by atoms with Gasteiger partial charge in [0.1, 0.15) is 5.75 Å². The highest BCUT2D eigenvalue weighted by Gasteiger charge is 2.31. The molecule has 1 aromatic carbocycles. The van der Waals surface area contributed by atoms with E-state index in [0.717, 1.165) is 0 Å². The maximum Gasteiger partial charge on any atom is 0.259 e. The Morgan fingerprint density at radius 1 is 1.25 bits per heavy atom. The molecule has 0 aliphatic carbocycles. The zero-order valence-corrected chi connectivity index (χ0v) is 17.5. The third-order valence-corrected chi connectivity index (χ3v) is 6.64. The summed E-state index contributed by atoms with van der Waals surface area (Å²) in [4.78, 5) is 25.5. The number of nitrogens with zero attached hydrogens (tertiary/aromatic N) is 2. The number of benzene rings is 1. The molecule has 28 heavy (non-hydrogen) atoms. The van der Waals surface area contributed by atoms with Crippen molar-refractivity contribution in [3.05, 3.63) is 24.3 Å². The molecule has 0 aromatic heterocycles. The van der Waals surface area contributed by atoms with Crippen LogP contribution < -0.4 is 10.1 Å². The number of anilines is 1. The van der Waals surface area contributed by atoms with Gasteiger partial charge in [-0.2, -0.15) is 0 Å². The molecule has 1 heterocycles. The molecule has 0 radical (unpaired) electrons. The van der Waals surface area contributed by atoms with E-state index in [-0.39, 0.29) is 36.6 Å². The molecule has 0 unspecified atom stereocenters. The van der Waals surface area contributed by atoms with Crippen molar-refractivity contribution in [1.29, 1.82) is 0 Å². The second-order valence-electron chi connectivity index (χ2n) is 7.10. The molecule has 1 saturated heterocycles. The SMILES string of the molecule is CCCS(=O)(=O)N1CCC[C@@H](C(=O)Nc2ccc(OCC(=O)N(C)C)cc2)C1. The number of nitrogens with one attached hydrogen (secondary N) is 1. The molecule has 8 nitrogen and oxygen atoms in total. The predicted molar refractivity (Wildman–Crippen MR) is 108 cm³/mol. The molecule has 0 bridgehead atoms. The van der Waals surface area contributed by atoms with Gasteiger partial charge < -0.3 is 15.0 Å².